The number of rotatable bonds is 19. The molecule has 0 saturated heterocycles. The molecule has 1 heterocycles. The first kappa shape index (κ1) is 32.8. The summed E-state index contributed by atoms with van der Waals surface area (Å²) in [6.07, 6.45) is 34.2. The van der Waals surface area contributed by atoms with Crippen molar-refractivity contribution in [3.05, 3.63) is 109 Å². The van der Waals surface area contributed by atoms with Crippen molar-refractivity contribution in [1.29, 1.82) is 0 Å². The zero-order chi connectivity index (χ0) is 28.4. The summed E-state index contributed by atoms with van der Waals surface area (Å²) in [4.78, 5) is 38.4. The topological polar surface area (TPSA) is 108 Å². The maximum Gasteiger partial charge on any atom is 0.328 e. The van der Waals surface area contributed by atoms with Crippen LogP contribution in [0.25, 0.3) is 0 Å². The van der Waals surface area contributed by atoms with Crippen molar-refractivity contribution >= 4 is 23.6 Å². The van der Waals surface area contributed by atoms with Crippen LogP contribution in [0.2, 0.25) is 0 Å². The second kappa shape index (κ2) is 22.9. The van der Waals surface area contributed by atoms with Crippen LogP contribution in [-0.2, 0) is 20.9 Å². The Morgan fingerprint density at radius 1 is 0.769 bits per heavy atom. The summed E-state index contributed by atoms with van der Waals surface area (Å²) in [5, 5.41) is 13.8. The zero-order valence-electron chi connectivity index (χ0n) is 22.8. The molecule has 0 unspecified atom stereocenters. The summed E-state index contributed by atoms with van der Waals surface area (Å²) >= 11 is 0. The number of carboxylic acid groups (broad SMARTS) is 1. The molecule has 0 bridgehead atoms. The summed E-state index contributed by atoms with van der Waals surface area (Å²) < 4.78 is 0. The Morgan fingerprint density at radius 3 is 1.85 bits per heavy atom. The SMILES string of the molecule is CCC=CCC=CCC=CCC=CCC=CCC=CCCC(=O)NCc1cccc(NC(=O)C=CC(=O)O)n1. The van der Waals surface area contributed by atoms with Gasteiger partial charge in [0.1, 0.15) is 5.82 Å². The lowest BCUT2D eigenvalue weighted by molar-refractivity contribution is -0.131. The molecule has 39 heavy (non-hydrogen) atoms. The van der Waals surface area contributed by atoms with Gasteiger partial charge in [0, 0.05) is 18.6 Å². The summed E-state index contributed by atoms with van der Waals surface area (Å²) in [7, 11) is 0. The second-order valence-corrected chi connectivity index (χ2v) is 8.41. The molecule has 0 spiro atoms. The number of aliphatic carboxylic acids is 1. The molecule has 0 aliphatic heterocycles. The Labute approximate surface area is 232 Å². The van der Waals surface area contributed by atoms with Crippen LogP contribution < -0.4 is 10.6 Å². The van der Waals surface area contributed by atoms with Crippen LogP contribution in [0.1, 0.15) is 64.0 Å². The van der Waals surface area contributed by atoms with Crippen molar-refractivity contribution in [1.82, 2.24) is 10.3 Å². The van der Waals surface area contributed by atoms with E-state index in [0.717, 1.165) is 50.7 Å². The second-order valence-electron chi connectivity index (χ2n) is 8.41. The maximum absolute atomic E-state index is 12.1. The lowest BCUT2D eigenvalue weighted by Gasteiger charge is -2.06. The van der Waals surface area contributed by atoms with Gasteiger partial charge in [-0.2, -0.15) is 0 Å². The van der Waals surface area contributed by atoms with Crippen molar-refractivity contribution in [3.63, 3.8) is 0 Å². The van der Waals surface area contributed by atoms with Crippen LogP contribution >= 0.6 is 0 Å². The molecule has 1 rings (SSSR count). The molecule has 208 valence electrons. The quantitative estimate of drug-likeness (QED) is 0.135. The minimum Gasteiger partial charge on any atom is -0.478 e. The number of allylic oxidation sites excluding steroid dienone is 12. The van der Waals surface area contributed by atoms with Gasteiger partial charge in [-0.05, 0) is 57.1 Å². The Hall–Kier alpha value is -4.26. The third-order valence-corrected chi connectivity index (χ3v) is 5.04. The van der Waals surface area contributed by atoms with E-state index >= 15 is 0 Å². The fraction of sp³-hybridized carbons (Fsp3) is 0.312. The van der Waals surface area contributed by atoms with Gasteiger partial charge in [0.15, 0.2) is 0 Å². The molecule has 0 aliphatic rings. The first-order valence-corrected chi connectivity index (χ1v) is 13.4. The molecule has 1 aromatic rings. The molecule has 0 aromatic carbocycles. The van der Waals surface area contributed by atoms with E-state index in [1.165, 1.54) is 0 Å². The smallest absolute Gasteiger partial charge is 0.328 e. The predicted octanol–water partition coefficient (Wildman–Crippen LogP) is 6.76. The number of pyridine rings is 1. The number of nitrogens with one attached hydrogen (secondary N) is 2. The number of carbonyl (C=O) groups is 3. The predicted molar refractivity (Wildman–Crippen MR) is 159 cm³/mol. The lowest BCUT2D eigenvalue weighted by Crippen LogP contribution is -2.23. The Morgan fingerprint density at radius 2 is 1.31 bits per heavy atom. The molecule has 0 radical (unpaired) electrons. The van der Waals surface area contributed by atoms with Crippen LogP contribution in [0.3, 0.4) is 0 Å². The molecule has 7 nitrogen and oxygen atoms in total. The van der Waals surface area contributed by atoms with Gasteiger partial charge in [0.25, 0.3) is 0 Å². The Balaban J connectivity index is 2.13. The van der Waals surface area contributed by atoms with Crippen molar-refractivity contribution < 1.29 is 19.5 Å². The van der Waals surface area contributed by atoms with Gasteiger partial charge in [-0.1, -0.05) is 85.9 Å². The summed E-state index contributed by atoms with van der Waals surface area (Å²) in [6, 6.07) is 5.01. The van der Waals surface area contributed by atoms with E-state index in [9.17, 15) is 14.4 Å². The molecule has 0 atom stereocenters. The maximum atomic E-state index is 12.1. The van der Waals surface area contributed by atoms with Crippen molar-refractivity contribution in [3.8, 4) is 0 Å². The molecule has 2 amide bonds. The highest BCUT2D eigenvalue weighted by atomic mass is 16.4. The van der Waals surface area contributed by atoms with Gasteiger partial charge in [0.05, 0.1) is 12.2 Å². The number of anilines is 1. The van der Waals surface area contributed by atoms with Crippen LogP contribution in [-0.4, -0.2) is 27.9 Å². The molecule has 0 saturated carbocycles. The average molecular weight is 532 g/mol. The standard InChI is InChI=1S/C32H41N3O4/c1-2-3-4-5-6-7-8-9-10-11-12-13-14-15-16-17-18-19-20-24-30(36)33-27-28-22-21-23-29(34-28)35-31(37)25-26-32(38)39/h3-4,6-7,9-10,12-13,15-16,18-19,21-23,25-26H,2,5,8,11,14,17,20,24,27H2,1H3,(H,33,36)(H,38,39)(H,34,35,37). The largest absolute Gasteiger partial charge is 0.478 e. The minimum absolute atomic E-state index is 0.0878. The Kier molecular flexibility index (Phi) is 19.2. The molecule has 0 fully saturated rings. The first-order chi connectivity index (χ1) is 19.0. The number of nitrogens with zero attached hydrogens (tertiary/aromatic N) is 1. The molecule has 0 aliphatic carbocycles. The van der Waals surface area contributed by atoms with Crippen molar-refractivity contribution in [2.75, 3.05) is 5.32 Å². The van der Waals surface area contributed by atoms with Gasteiger partial charge in [-0.3, -0.25) is 9.59 Å². The summed E-state index contributed by atoms with van der Waals surface area (Å²) in [5.74, 6) is -1.61. The fourth-order valence-corrected chi connectivity index (χ4v) is 3.09. The number of carboxylic acids is 1. The summed E-state index contributed by atoms with van der Waals surface area (Å²) in [6.45, 7) is 2.37. The monoisotopic (exact) mass is 531 g/mol. The van der Waals surface area contributed by atoms with E-state index in [2.05, 4.69) is 83.3 Å². The minimum atomic E-state index is -1.21. The average Bonchev–Trinajstić information content (AvgIpc) is 2.92. The number of hydrogen-bond donors (Lipinski definition) is 3. The molecule has 7 heteroatoms. The number of carbonyl (C=O) groups excluding carboxylic acids is 2. The van der Waals surface area contributed by atoms with Gasteiger partial charge in [-0.25, -0.2) is 9.78 Å². The van der Waals surface area contributed by atoms with E-state index in [1.807, 2.05) is 12.2 Å². The number of aromatic nitrogens is 1. The molecular formula is C32H41N3O4. The zero-order valence-corrected chi connectivity index (χ0v) is 22.8. The normalized spacial score (nSPS) is 12.3. The fourth-order valence-electron chi connectivity index (χ4n) is 3.09. The van der Waals surface area contributed by atoms with E-state index in [1.54, 1.807) is 18.2 Å². The van der Waals surface area contributed by atoms with Crippen molar-refractivity contribution in [2.45, 2.75) is 64.8 Å². The van der Waals surface area contributed by atoms with E-state index < -0.39 is 11.9 Å². The number of hydrogen-bond acceptors (Lipinski definition) is 4. The van der Waals surface area contributed by atoms with E-state index in [-0.39, 0.29) is 18.3 Å². The first-order valence-electron chi connectivity index (χ1n) is 13.4. The highest BCUT2D eigenvalue weighted by molar-refractivity contribution is 6.01. The van der Waals surface area contributed by atoms with Crippen LogP contribution in [0.15, 0.2) is 103 Å². The van der Waals surface area contributed by atoms with Gasteiger partial charge in [0.2, 0.25) is 11.8 Å². The third kappa shape index (κ3) is 20.5. The highest BCUT2D eigenvalue weighted by Crippen LogP contribution is 2.05. The Bertz CT molecular complexity index is 1080. The molecule has 1 aromatic heterocycles. The van der Waals surface area contributed by atoms with Crippen LogP contribution in [0, 0.1) is 0 Å². The van der Waals surface area contributed by atoms with Crippen LogP contribution in [0.4, 0.5) is 5.82 Å². The van der Waals surface area contributed by atoms with Crippen molar-refractivity contribution in [2.24, 2.45) is 0 Å². The highest BCUT2D eigenvalue weighted by Gasteiger charge is 2.04. The third-order valence-electron chi connectivity index (χ3n) is 5.04. The number of amides is 2. The summed E-state index contributed by atoms with van der Waals surface area (Å²) in [5.41, 5.74) is 0.581. The molecule has 3 N–H and O–H groups in total. The lowest BCUT2D eigenvalue weighted by atomic mass is 10.2. The van der Waals surface area contributed by atoms with Gasteiger partial charge >= 0.3 is 5.97 Å². The van der Waals surface area contributed by atoms with Gasteiger partial charge < -0.3 is 15.7 Å². The van der Waals surface area contributed by atoms with Crippen LogP contribution in [0.5, 0.6) is 0 Å². The molecular weight excluding hydrogens is 490 g/mol. The van der Waals surface area contributed by atoms with E-state index in [4.69, 9.17) is 5.11 Å². The van der Waals surface area contributed by atoms with Gasteiger partial charge in [-0.15, -0.1) is 0 Å². The van der Waals surface area contributed by atoms with E-state index in [0.29, 0.717) is 18.5 Å².